The molecule has 1 fully saturated rings. The molecule has 4 heteroatoms. The molecule has 0 spiro atoms. The van der Waals surface area contributed by atoms with Crippen LogP contribution in [0.4, 0.5) is 0 Å². The fourth-order valence-corrected chi connectivity index (χ4v) is 2.57. The Morgan fingerprint density at radius 3 is 2.90 bits per heavy atom. The van der Waals surface area contributed by atoms with E-state index in [1.165, 1.54) is 0 Å². The van der Waals surface area contributed by atoms with Crippen LogP contribution in [0.3, 0.4) is 0 Å². The van der Waals surface area contributed by atoms with Crippen LogP contribution in [0.25, 0.3) is 0 Å². The van der Waals surface area contributed by atoms with Gasteiger partial charge in [-0.05, 0) is 30.9 Å². The monoisotopic (exact) mass is 290 g/mol. The largest absolute Gasteiger partial charge is 0.474 e. The number of ketones is 1. The topological polar surface area (TPSA) is 51.2 Å². The average Bonchev–Trinajstić information content (AvgIpc) is 2.42. The van der Waals surface area contributed by atoms with E-state index in [4.69, 9.17) is 4.74 Å². The van der Waals surface area contributed by atoms with E-state index in [1.807, 2.05) is 19.1 Å². The van der Waals surface area contributed by atoms with E-state index >= 15 is 0 Å². The maximum atomic E-state index is 11.4. The van der Waals surface area contributed by atoms with Gasteiger partial charge in [-0.2, -0.15) is 0 Å². The highest BCUT2D eigenvalue weighted by molar-refractivity contribution is 5.78. The summed E-state index contributed by atoms with van der Waals surface area (Å²) in [6.07, 6.45) is 6.10. The third-order valence-corrected chi connectivity index (χ3v) is 3.84. The predicted molar refractivity (Wildman–Crippen MR) is 83.6 cm³/mol. The summed E-state index contributed by atoms with van der Waals surface area (Å²) >= 11 is 0. The van der Waals surface area contributed by atoms with Crippen LogP contribution in [0.15, 0.2) is 18.3 Å². The number of rotatable bonds is 8. The number of carbonyl (C=O) groups is 1. The van der Waals surface area contributed by atoms with Crippen molar-refractivity contribution in [2.45, 2.75) is 71.1 Å². The van der Waals surface area contributed by atoms with Crippen LogP contribution >= 0.6 is 0 Å². The molecule has 0 atom stereocenters. The third kappa shape index (κ3) is 5.12. The summed E-state index contributed by atoms with van der Waals surface area (Å²) in [5, 5.41) is 3.51. The molecule has 1 heterocycles. The summed E-state index contributed by atoms with van der Waals surface area (Å²) in [6, 6.07) is 5.01. The number of aryl methyl sites for hydroxylation is 1. The molecule has 4 nitrogen and oxygen atoms in total. The molecule has 1 aromatic rings. The van der Waals surface area contributed by atoms with Crippen molar-refractivity contribution >= 4 is 5.78 Å². The molecule has 2 rings (SSSR count). The molecule has 0 radical (unpaired) electrons. The third-order valence-electron chi connectivity index (χ3n) is 3.84. The summed E-state index contributed by atoms with van der Waals surface area (Å²) in [4.78, 5) is 15.6. The van der Waals surface area contributed by atoms with Crippen molar-refractivity contribution in [1.29, 1.82) is 0 Å². The Balaban J connectivity index is 1.78. The maximum Gasteiger partial charge on any atom is 0.213 e. The number of ether oxygens (including phenoxy) is 1. The number of aromatic nitrogens is 1. The summed E-state index contributed by atoms with van der Waals surface area (Å²) < 4.78 is 5.90. The predicted octanol–water partition coefficient (Wildman–Crippen LogP) is 2.90. The quantitative estimate of drug-likeness (QED) is 0.800. The van der Waals surface area contributed by atoms with Gasteiger partial charge in [0.1, 0.15) is 11.9 Å². The Morgan fingerprint density at radius 1 is 1.48 bits per heavy atom. The first-order valence-corrected chi connectivity index (χ1v) is 7.96. The van der Waals surface area contributed by atoms with Gasteiger partial charge in [-0.15, -0.1) is 0 Å². The van der Waals surface area contributed by atoms with E-state index in [0.29, 0.717) is 36.6 Å². The molecule has 1 saturated carbocycles. The standard InChI is InChI=1S/C17H26N2O2/c1-4-15(20)6-5-13-7-8-18-17(9-13)21-16-10-14(11-16)19-12(2)3/h7-9,12,14,16,19H,4-6,10-11H2,1-3H3/t14-,16+. The van der Waals surface area contributed by atoms with Crippen LogP contribution in [0, 0.1) is 0 Å². The molecule has 0 bridgehead atoms. The molecule has 0 aliphatic heterocycles. The van der Waals surface area contributed by atoms with Gasteiger partial charge in [0.2, 0.25) is 5.88 Å². The van der Waals surface area contributed by atoms with Gasteiger partial charge in [-0.25, -0.2) is 4.98 Å². The lowest BCUT2D eigenvalue weighted by atomic mass is 9.89. The first-order chi connectivity index (χ1) is 10.1. The smallest absolute Gasteiger partial charge is 0.213 e. The second-order valence-corrected chi connectivity index (χ2v) is 6.12. The molecule has 0 unspecified atom stereocenters. The molecular formula is C17H26N2O2. The van der Waals surface area contributed by atoms with Crippen molar-refractivity contribution in [2.75, 3.05) is 0 Å². The molecule has 116 valence electrons. The van der Waals surface area contributed by atoms with Gasteiger partial charge < -0.3 is 10.1 Å². The number of hydrogen-bond donors (Lipinski definition) is 1. The van der Waals surface area contributed by atoms with E-state index in [0.717, 1.165) is 24.8 Å². The molecule has 0 aromatic carbocycles. The fraction of sp³-hybridized carbons (Fsp3) is 0.647. The van der Waals surface area contributed by atoms with Crippen molar-refractivity contribution in [2.24, 2.45) is 0 Å². The first kappa shape index (κ1) is 16.0. The highest BCUT2D eigenvalue weighted by Crippen LogP contribution is 2.25. The Morgan fingerprint density at radius 2 is 2.24 bits per heavy atom. The Kier molecular flexibility index (Phi) is 5.74. The van der Waals surface area contributed by atoms with Crippen LogP contribution < -0.4 is 10.1 Å². The van der Waals surface area contributed by atoms with Crippen LogP contribution in [0.2, 0.25) is 0 Å². The zero-order chi connectivity index (χ0) is 15.2. The van der Waals surface area contributed by atoms with Gasteiger partial charge >= 0.3 is 0 Å². The number of carbonyl (C=O) groups excluding carboxylic acids is 1. The minimum absolute atomic E-state index is 0.265. The highest BCUT2D eigenvalue weighted by atomic mass is 16.5. The molecule has 0 saturated heterocycles. The summed E-state index contributed by atoms with van der Waals surface area (Å²) in [7, 11) is 0. The first-order valence-electron chi connectivity index (χ1n) is 7.96. The number of Topliss-reactive ketones (excluding diaryl/α,β-unsaturated/α-hetero) is 1. The zero-order valence-electron chi connectivity index (χ0n) is 13.3. The molecular weight excluding hydrogens is 264 g/mol. The highest BCUT2D eigenvalue weighted by Gasteiger charge is 2.31. The van der Waals surface area contributed by atoms with Gasteiger partial charge in [-0.3, -0.25) is 4.79 Å². The molecule has 21 heavy (non-hydrogen) atoms. The maximum absolute atomic E-state index is 11.4. The minimum atomic E-state index is 0.265. The van der Waals surface area contributed by atoms with Crippen molar-refractivity contribution in [1.82, 2.24) is 10.3 Å². The van der Waals surface area contributed by atoms with Gasteiger partial charge in [-0.1, -0.05) is 20.8 Å². The number of nitrogens with one attached hydrogen (secondary N) is 1. The van der Waals surface area contributed by atoms with Gasteiger partial charge in [0.15, 0.2) is 0 Å². The minimum Gasteiger partial charge on any atom is -0.474 e. The second kappa shape index (κ2) is 7.55. The van der Waals surface area contributed by atoms with Gasteiger partial charge in [0.05, 0.1) is 0 Å². The Labute approximate surface area is 127 Å². The van der Waals surface area contributed by atoms with E-state index < -0.39 is 0 Å². The fourth-order valence-electron chi connectivity index (χ4n) is 2.57. The van der Waals surface area contributed by atoms with Gasteiger partial charge in [0.25, 0.3) is 0 Å². The van der Waals surface area contributed by atoms with E-state index in [-0.39, 0.29) is 6.10 Å². The normalized spacial score (nSPS) is 21.1. The molecule has 1 aliphatic carbocycles. The van der Waals surface area contributed by atoms with Crippen LogP contribution in [-0.2, 0) is 11.2 Å². The lowest BCUT2D eigenvalue weighted by molar-refractivity contribution is -0.118. The van der Waals surface area contributed by atoms with Crippen molar-refractivity contribution in [3.05, 3.63) is 23.9 Å². The molecule has 1 aromatic heterocycles. The molecule has 0 amide bonds. The van der Waals surface area contributed by atoms with E-state index in [9.17, 15) is 4.79 Å². The molecule has 1 aliphatic rings. The lowest BCUT2D eigenvalue weighted by Crippen LogP contribution is -2.49. The summed E-state index contributed by atoms with van der Waals surface area (Å²) in [6.45, 7) is 6.23. The lowest BCUT2D eigenvalue weighted by Gasteiger charge is -2.36. The van der Waals surface area contributed by atoms with Crippen LogP contribution in [0.5, 0.6) is 5.88 Å². The van der Waals surface area contributed by atoms with Crippen LogP contribution in [0.1, 0.15) is 52.0 Å². The summed E-state index contributed by atoms with van der Waals surface area (Å²) in [5.74, 6) is 0.986. The number of hydrogen-bond acceptors (Lipinski definition) is 4. The molecule has 1 N–H and O–H groups in total. The van der Waals surface area contributed by atoms with Crippen molar-refractivity contribution < 1.29 is 9.53 Å². The van der Waals surface area contributed by atoms with E-state index in [1.54, 1.807) is 6.20 Å². The van der Waals surface area contributed by atoms with Crippen LogP contribution in [-0.4, -0.2) is 29.0 Å². The van der Waals surface area contributed by atoms with Crippen molar-refractivity contribution in [3.8, 4) is 5.88 Å². The Bertz CT molecular complexity index is 468. The van der Waals surface area contributed by atoms with Gasteiger partial charge in [0, 0.05) is 37.2 Å². The number of nitrogens with zero attached hydrogens (tertiary/aromatic N) is 1. The second-order valence-electron chi connectivity index (χ2n) is 6.12. The number of pyridine rings is 1. The average molecular weight is 290 g/mol. The summed E-state index contributed by atoms with van der Waals surface area (Å²) in [5.41, 5.74) is 1.12. The zero-order valence-corrected chi connectivity index (χ0v) is 13.3. The Hall–Kier alpha value is -1.42. The van der Waals surface area contributed by atoms with Crippen molar-refractivity contribution in [3.63, 3.8) is 0 Å². The SMILES string of the molecule is CCC(=O)CCc1ccnc(O[C@H]2C[C@@H](NC(C)C)C2)c1. The van der Waals surface area contributed by atoms with E-state index in [2.05, 4.69) is 24.1 Å².